The van der Waals surface area contributed by atoms with Gasteiger partial charge in [-0.25, -0.2) is 0 Å². The predicted molar refractivity (Wildman–Crippen MR) is 81.1 cm³/mol. The zero-order valence-corrected chi connectivity index (χ0v) is 13.1. The number of hydrogen-bond acceptors (Lipinski definition) is 4. The number of fused-ring (bicyclic) bond motifs is 2. The molecule has 3 rings (SSSR count). The molecule has 0 aromatic heterocycles. The molecule has 0 aromatic carbocycles. The van der Waals surface area contributed by atoms with Crippen molar-refractivity contribution in [2.24, 2.45) is 11.8 Å². The second-order valence-corrected chi connectivity index (χ2v) is 7.73. The van der Waals surface area contributed by atoms with Crippen LogP contribution in [-0.4, -0.2) is 33.1 Å². The van der Waals surface area contributed by atoms with Crippen molar-refractivity contribution in [3.63, 3.8) is 0 Å². The molecule has 1 saturated heterocycles. The molecular weight excluding hydrogens is 288 g/mol. The summed E-state index contributed by atoms with van der Waals surface area (Å²) in [5, 5.41) is 9.76. The maximum atomic E-state index is 11.9. The van der Waals surface area contributed by atoms with E-state index in [-0.39, 0.29) is 0 Å². The van der Waals surface area contributed by atoms with Gasteiger partial charge in [0.1, 0.15) is 12.0 Å². The standard InChI is InChI=1S/C16H22O4S/c1-2-10-11-5-6-12(21-11)15(10)16(7-3-4-8-16)20-14(19)9-13(17)18/h5-6,10-12,15H,2-4,7-9H2,1H3,(H,17,18). The van der Waals surface area contributed by atoms with Gasteiger partial charge in [0.25, 0.3) is 0 Å². The van der Waals surface area contributed by atoms with Crippen molar-refractivity contribution in [1.82, 2.24) is 0 Å². The maximum Gasteiger partial charge on any atom is 0.317 e. The van der Waals surface area contributed by atoms with Crippen LogP contribution in [0.5, 0.6) is 0 Å². The fourth-order valence-corrected chi connectivity index (χ4v) is 6.33. The number of hydrogen-bond donors (Lipinski definition) is 1. The third-order valence-corrected chi connectivity index (χ3v) is 6.77. The molecule has 2 bridgehead atoms. The van der Waals surface area contributed by atoms with E-state index in [4.69, 9.17) is 9.84 Å². The Kier molecular flexibility index (Phi) is 4.04. The van der Waals surface area contributed by atoms with Crippen LogP contribution in [0.1, 0.15) is 45.4 Å². The molecule has 116 valence electrons. The molecule has 5 heteroatoms. The quantitative estimate of drug-likeness (QED) is 0.480. The summed E-state index contributed by atoms with van der Waals surface area (Å²) >= 11 is 1.98. The lowest BCUT2D eigenvalue weighted by molar-refractivity contribution is -0.170. The molecule has 1 aliphatic carbocycles. The molecule has 4 unspecified atom stereocenters. The lowest BCUT2D eigenvalue weighted by Crippen LogP contribution is -2.47. The van der Waals surface area contributed by atoms with Crippen molar-refractivity contribution in [2.45, 2.75) is 61.5 Å². The van der Waals surface area contributed by atoms with Gasteiger partial charge in [-0.15, -0.1) is 11.8 Å². The molecule has 0 spiro atoms. The molecule has 3 aliphatic rings. The van der Waals surface area contributed by atoms with E-state index in [2.05, 4.69) is 19.1 Å². The van der Waals surface area contributed by atoms with E-state index < -0.39 is 24.0 Å². The smallest absolute Gasteiger partial charge is 0.317 e. The fraction of sp³-hybridized carbons (Fsp3) is 0.750. The van der Waals surface area contributed by atoms with Crippen molar-refractivity contribution in [3.8, 4) is 0 Å². The molecule has 2 aliphatic heterocycles. The Balaban J connectivity index is 1.82. The normalized spacial score (nSPS) is 36.0. The largest absolute Gasteiger partial charge is 0.481 e. The molecule has 4 atom stereocenters. The minimum atomic E-state index is -1.11. The number of rotatable bonds is 5. The van der Waals surface area contributed by atoms with Crippen LogP contribution in [0.25, 0.3) is 0 Å². The molecule has 2 fully saturated rings. The Bertz CT molecular complexity index is 467. The van der Waals surface area contributed by atoms with Gasteiger partial charge in [-0.05, 0) is 31.6 Å². The van der Waals surface area contributed by atoms with Crippen LogP contribution < -0.4 is 0 Å². The maximum absolute atomic E-state index is 11.9. The first-order valence-electron chi connectivity index (χ1n) is 7.83. The van der Waals surface area contributed by atoms with E-state index >= 15 is 0 Å². The molecule has 0 radical (unpaired) electrons. The van der Waals surface area contributed by atoms with Gasteiger partial charge in [-0.3, -0.25) is 9.59 Å². The van der Waals surface area contributed by atoms with Crippen LogP contribution >= 0.6 is 11.8 Å². The first kappa shape index (κ1) is 14.9. The first-order valence-corrected chi connectivity index (χ1v) is 8.77. The first-order chi connectivity index (χ1) is 10.1. The second-order valence-electron chi connectivity index (χ2n) is 6.36. The highest BCUT2D eigenvalue weighted by Crippen LogP contribution is 2.58. The van der Waals surface area contributed by atoms with Crippen LogP contribution in [0.3, 0.4) is 0 Å². The molecule has 21 heavy (non-hydrogen) atoms. The summed E-state index contributed by atoms with van der Waals surface area (Å²) in [4.78, 5) is 22.7. The predicted octanol–water partition coefficient (Wildman–Crippen LogP) is 3.01. The zero-order chi connectivity index (χ0) is 15.0. The van der Waals surface area contributed by atoms with Crippen molar-refractivity contribution < 1.29 is 19.4 Å². The minimum Gasteiger partial charge on any atom is -0.481 e. The van der Waals surface area contributed by atoms with Crippen LogP contribution in [-0.2, 0) is 14.3 Å². The topological polar surface area (TPSA) is 63.6 Å². The average molecular weight is 310 g/mol. The van der Waals surface area contributed by atoms with Crippen molar-refractivity contribution in [3.05, 3.63) is 12.2 Å². The summed E-state index contributed by atoms with van der Waals surface area (Å²) in [6.45, 7) is 2.20. The van der Waals surface area contributed by atoms with E-state index in [1.54, 1.807) is 0 Å². The van der Waals surface area contributed by atoms with Gasteiger partial charge in [0.2, 0.25) is 0 Å². The van der Waals surface area contributed by atoms with Gasteiger partial charge in [0.15, 0.2) is 0 Å². The molecule has 0 amide bonds. The number of carboxylic acid groups (broad SMARTS) is 1. The number of carboxylic acids is 1. The molecule has 4 nitrogen and oxygen atoms in total. The number of carbonyl (C=O) groups is 2. The van der Waals surface area contributed by atoms with Gasteiger partial charge < -0.3 is 9.84 Å². The Hall–Kier alpha value is -0.970. The van der Waals surface area contributed by atoms with E-state index in [9.17, 15) is 9.59 Å². The molecule has 1 N–H and O–H groups in total. The number of aliphatic carboxylic acids is 1. The van der Waals surface area contributed by atoms with Crippen molar-refractivity contribution in [2.75, 3.05) is 0 Å². The Morgan fingerprint density at radius 1 is 1.29 bits per heavy atom. The van der Waals surface area contributed by atoms with Crippen LogP contribution in [0, 0.1) is 11.8 Å². The highest BCUT2D eigenvalue weighted by Gasteiger charge is 2.57. The third-order valence-electron chi connectivity index (χ3n) is 5.18. The monoisotopic (exact) mass is 310 g/mol. The van der Waals surface area contributed by atoms with Crippen molar-refractivity contribution in [1.29, 1.82) is 0 Å². The van der Waals surface area contributed by atoms with Gasteiger partial charge in [0, 0.05) is 16.4 Å². The lowest BCUT2D eigenvalue weighted by atomic mass is 9.70. The van der Waals surface area contributed by atoms with E-state index in [1.807, 2.05) is 11.8 Å². The van der Waals surface area contributed by atoms with Gasteiger partial charge >= 0.3 is 11.9 Å². The van der Waals surface area contributed by atoms with E-state index in [1.165, 1.54) is 0 Å². The van der Waals surface area contributed by atoms with E-state index in [0.717, 1.165) is 32.1 Å². The number of ether oxygens (including phenoxy) is 1. The van der Waals surface area contributed by atoms with Gasteiger partial charge in [0.05, 0.1) is 0 Å². The summed E-state index contributed by atoms with van der Waals surface area (Å²) in [5.74, 6) is -0.790. The Labute approximate surface area is 129 Å². The molecule has 1 saturated carbocycles. The fourth-order valence-electron chi connectivity index (χ4n) is 4.43. The molecule has 0 aromatic rings. The molecular formula is C16H22O4S. The van der Waals surface area contributed by atoms with Crippen LogP contribution in [0.2, 0.25) is 0 Å². The number of carbonyl (C=O) groups excluding carboxylic acids is 1. The van der Waals surface area contributed by atoms with E-state index in [0.29, 0.717) is 22.3 Å². The zero-order valence-electron chi connectivity index (χ0n) is 12.3. The van der Waals surface area contributed by atoms with Gasteiger partial charge in [-0.1, -0.05) is 25.5 Å². The van der Waals surface area contributed by atoms with Gasteiger partial charge in [-0.2, -0.15) is 0 Å². The minimum absolute atomic E-state index is 0.350. The summed E-state index contributed by atoms with van der Waals surface area (Å²) in [7, 11) is 0. The summed E-state index contributed by atoms with van der Waals surface area (Å²) in [5.41, 5.74) is -0.426. The second kappa shape index (κ2) is 5.67. The highest BCUT2D eigenvalue weighted by molar-refractivity contribution is 8.01. The summed E-state index contributed by atoms with van der Waals surface area (Å²) < 4.78 is 5.81. The average Bonchev–Trinajstić information content (AvgIpc) is 3.11. The van der Waals surface area contributed by atoms with Crippen LogP contribution in [0.15, 0.2) is 12.2 Å². The number of esters is 1. The lowest BCUT2D eigenvalue weighted by Gasteiger charge is -2.41. The van der Waals surface area contributed by atoms with Crippen LogP contribution in [0.4, 0.5) is 0 Å². The summed E-state index contributed by atoms with van der Waals surface area (Å²) in [6.07, 6.45) is 9.02. The SMILES string of the molecule is CCC1C2C=CC(S2)C1C1(OC(=O)CC(=O)O)CCCC1. The molecule has 2 heterocycles. The summed E-state index contributed by atoms with van der Waals surface area (Å²) in [6, 6.07) is 0. The Morgan fingerprint density at radius 2 is 1.95 bits per heavy atom. The number of thioether (sulfide) groups is 1. The highest BCUT2D eigenvalue weighted by atomic mass is 32.2. The van der Waals surface area contributed by atoms with Crippen molar-refractivity contribution >= 4 is 23.7 Å². The third kappa shape index (κ3) is 2.60. The Morgan fingerprint density at radius 3 is 2.57 bits per heavy atom.